The highest BCUT2D eigenvalue weighted by molar-refractivity contribution is 5.72. The highest BCUT2D eigenvalue weighted by Crippen LogP contribution is 2.46. The summed E-state index contributed by atoms with van der Waals surface area (Å²) >= 11 is 0. The zero-order chi connectivity index (χ0) is 14.1. The molecule has 2 aromatic rings. The van der Waals surface area contributed by atoms with E-state index in [0.29, 0.717) is 17.9 Å². The van der Waals surface area contributed by atoms with E-state index in [0.717, 1.165) is 41.9 Å². The van der Waals surface area contributed by atoms with Crippen LogP contribution >= 0.6 is 0 Å². The van der Waals surface area contributed by atoms with Gasteiger partial charge in [-0.05, 0) is 53.1 Å². The van der Waals surface area contributed by atoms with Gasteiger partial charge in [-0.2, -0.15) is 0 Å². The molecule has 102 valence electrons. The molecule has 3 rings (SSSR count). The second-order valence-corrected chi connectivity index (χ2v) is 5.18. The van der Waals surface area contributed by atoms with Crippen molar-refractivity contribution >= 4 is 6.29 Å². The molecule has 20 heavy (non-hydrogen) atoms. The van der Waals surface area contributed by atoms with Gasteiger partial charge in [-0.3, -0.25) is 0 Å². The van der Waals surface area contributed by atoms with Crippen LogP contribution in [-0.2, 0) is 11.2 Å². The third-order valence-corrected chi connectivity index (χ3v) is 3.66. The molecule has 0 amide bonds. The number of carbonyl (C=O) groups excluding carboxylic acids is 1. The molecule has 3 heteroatoms. The van der Waals surface area contributed by atoms with Crippen LogP contribution in [0.15, 0.2) is 36.4 Å². The van der Waals surface area contributed by atoms with Crippen molar-refractivity contribution in [2.24, 2.45) is 0 Å². The first-order valence-electron chi connectivity index (χ1n) is 6.71. The summed E-state index contributed by atoms with van der Waals surface area (Å²) in [6.07, 6.45) is 3.36. The first kappa shape index (κ1) is 13.0. The van der Waals surface area contributed by atoms with Crippen LogP contribution in [0, 0.1) is 11.6 Å². The quantitative estimate of drug-likeness (QED) is 0.760. The molecule has 0 spiro atoms. The summed E-state index contributed by atoms with van der Waals surface area (Å²) in [5.41, 5.74) is 3.41. The molecule has 0 radical (unpaired) electrons. The van der Waals surface area contributed by atoms with Crippen LogP contribution in [0.4, 0.5) is 8.78 Å². The van der Waals surface area contributed by atoms with E-state index in [4.69, 9.17) is 0 Å². The third kappa shape index (κ3) is 2.48. The molecule has 1 fully saturated rings. The summed E-state index contributed by atoms with van der Waals surface area (Å²) in [7, 11) is 0. The molecular formula is C17H14F2O. The van der Waals surface area contributed by atoms with E-state index in [-0.39, 0.29) is 0 Å². The fraction of sp³-hybridized carbons (Fsp3) is 0.235. The van der Waals surface area contributed by atoms with E-state index in [1.807, 2.05) is 18.2 Å². The van der Waals surface area contributed by atoms with Gasteiger partial charge in [-0.15, -0.1) is 0 Å². The Morgan fingerprint density at radius 3 is 2.40 bits per heavy atom. The van der Waals surface area contributed by atoms with E-state index in [1.165, 1.54) is 12.1 Å². The Kier molecular flexibility index (Phi) is 3.35. The first-order chi connectivity index (χ1) is 9.69. The summed E-state index contributed by atoms with van der Waals surface area (Å²) in [5.74, 6) is -0.752. The minimum absolute atomic E-state index is 0.345. The van der Waals surface area contributed by atoms with E-state index in [1.54, 1.807) is 0 Å². The zero-order valence-corrected chi connectivity index (χ0v) is 10.9. The lowest BCUT2D eigenvalue weighted by molar-refractivity contribution is -0.107. The number of hydrogen-bond donors (Lipinski definition) is 0. The standard InChI is InChI=1S/C17H14F2O/c18-14-8-13(9-15(19)10-14)16-3-1-2-11(6-7-20)17(16)12-4-5-12/h1-3,7-10,12H,4-6H2. The molecule has 0 bridgehead atoms. The van der Waals surface area contributed by atoms with Crippen molar-refractivity contribution in [3.63, 3.8) is 0 Å². The summed E-state index contributed by atoms with van der Waals surface area (Å²) in [5, 5.41) is 0. The van der Waals surface area contributed by atoms with Gasteiger partial charge in [0.25, 0.3) is 0 Å². The lowest BCUT2D eigenvalue weighted by atomic mass is 9.91. The van der Waals surface area contributed by atoms with E-state index >= 15 is 0 Å². The molecule has 0 saturated heterocycles. The summed E-state index contributed by atoms with van der Waals surface area (Å²) in [4.78, 5) is 10.8. The molecular weight excluding hydrogens is 258 g/mol. The summed E-state index contributed by atoms with van der Waals surface area (Å²) in [6.45, 7) is 0. The molecule has 0 atom stereocenters. The van der Waals surface area contributed by atoms with Gasteiger partial charge in [-0.25, -0.2) is 8.78 Å². The van der Waals surface area contributed by atoms with Crippen LogP contribution in [0.2, 0.25) is 0 Å². The van der Waals surface area contributed by atoms with Crippen molar-refractivity contribution in [3.05, 3.63) is 59.2 Å². The molecule has 1 nitrogen and oxygen atoms in total. The molecule has 0 aliphatic heterocycles. The predicted molar refractivity (Wildman–Crippen MR) is 73.5 cm³/mol. The second-order valence-electron chi connectivity index (χ2n) is 5.18. The van der Waals surface area contributed by atoms with Gasteiger partial charge in [-0.1, -0.05) is 18.2 Å². The first-order valence-corrected chi connectivity index (χ1v) is 6.71. The highest BCUT2D eigenvalue weighted by Gasteiger charge is 2.28. The van der Waals surface area contributed by atoms with Gasteiger partial charge in [0.1, 0.15) is 17.9 Å². The molecule has 0 unspecified atom stereocenters. The van der Waals surface area contributed by atoms with Crippen molar-refractivity contribution in [2.75, 3.05) is 0 Å². The molecule has 0 N–H and O–H groups in total. The maximum atomic E-state index is 13.4. The molecule has 1 aliphatic carbocycles. The van der Waals surface area contributed by atoms with Crippen LogP contribution in [-0.4, -0.2) is 6.29 Å². The normalized spacial score (nSPS) is 14.3. The van der Waals surface area contributed by atoms with Gasteiger partial charge in [0.2, 0.25) is 0 Å². The Morgan fingerprint density at radius 2 is 1.80 bits per heavy atom. The fourth-order valence-electron chi connectivity index (χ4n) is 2.70. The van der Waals surface area contributed by atoms with E-state index in [9.17, 15) is 13.6 Å². The van der Waals surface area contributed by atoms with Gasteiger partial charge < -0.3 is 4.79 Å². The van der Waals surface area contributed by atoms with Crippen molar-refractivity contribution < 1.29 is 13.6 Å². The number of rotatable bonds is 4. The smallest absolute Gasteiger partial charge is 0.126 e. The second kappa shape index (κ2) is 5.16. The van der Waals surface area contributed by atoms with Gasteiger partial charge in [0, 0.05) is 12.5 Å². The van der Waals surface area contributed by atoms with Crippen LogP contribution in [0.5, 0.6) is 0 Å². The summed E-state index contributed by atoms with van der Waals surface area (Å²) in [6, 6.07) is 9.18. The fourth-order valence-corrected chi connectivity index (χ4v) is 2.70. The lowest BCUT2D eigenvalue weighted by Gasteiger charge is -2.13. The Bertz CT molecular complexity index is 640. The number of carbonyl (C=O) groups is 1. The lowest BCUT2D eigenvalue weighted by Crippen LogP contribution is -1.97. The maximum absolute atomic E-state index is 13.4. The van der Waals surface area contributed by atoms with Crippen molar-refractivity contribution in [3.8, 4) is 11.1 Å². The Hall–Kier alpha value is -2.03. The topological polar surface area (TPSA) is 17.1 Å². The number of hydrogen-bond acceptors (Lipinski definition) is 1. The monoisotopic (exact) mass is 272 g/mol. The van der Waals surface area contributed by atoms with Crippen LogP contribution in [0.25, 0.3) is 11.1 Å². The minimum atomic E-state index is -0.581. The van der Waals surface area contributed by atoms with E-state index < -0.39 is 11.6 Å². The molecule has 1 aliphatic rings. The van der Waals surface area contributed by atoms with Gasteiger partial charge >= 0.3 is 0 Å². The average molecular weight is 272 g/mol. The number of aldehydes is 1. The van der Waals surface area contributed by atoms with Gasteiger partial charge in [0.15, 0.2) is 0 Å². The van der Waals surface area contributed by atoms with Gasteiger partial charge in [0.05, 0.1) is 0 Å². The zero-order valence-electron chi connectivity index (χ0n) is 10.9. The van der Waals surface area contributed by atoms with Crippen molar-refractivity contribution in [1.29, 1.82) is 0 Å². The predicted octanol–water partition coefficient (Wildman–Crippen LogP) is 4.25. The van der Waals surface area contributed by atoms with Crippen LogP contribution in [0.3, 0.4) is 0 Å². The maximum Gasteiger partial charge on any atom is 0.126 e. The third-order valence-electron chi connectivity index (χ3n) is 3.66. The molecule has 1 saturated carbocycles. The molecule has 0 aromatic heterocycles. The average Bonchev–Trinajstić information content (AvgIpc) is 3.22. The minimum Gasteiger partial charge on any atom is -0.303 e. The largest absolute Gasteiger partial charge is 0.303 e. The molecule has 2 aromatic carbocycles. The summed E-state index contributed by atoms with van der Waals surface area (Å²) < 4.78 is 26.8. The SMILES string of the molecule is O=CCc1cccc(-c2cc(F)cc(F)c2)c1C1CC1. The Balaban J connectivity index is 2.17. The number of benzene rings is 2. The van der Waals surface area contributed by atoms with Crippen molar-refractivity contribution in [2.45, 2.75) is 25.2 Å². The molecule has 0 heterocycles. The van der Waals surface area contributed by atoms with Crippen LogP contribution in [0.1, 0.15) is 29.9 Å². The Labute approximate surface area is 116 Å². The van der Waals surface area contributed by atoms with Crippen LogP contribution < -0.4 is 0 Å². The van der Waals surface area contributed by atoms with Crippen molar-refractivity contribution in [1.82, 2.24) is 0 Å². The highest BCUT2D eigenvalue weighted by atomic mass is 19.1. The Morgan fingerprint density at radius 1 is 1.10 bits per heavy atom. The van der Waals surface area contributed by atoms with E-state index in [2.05, 4.69) is 0 Å². The number of halogens is 2.